The molecule has 2 aromatic heterocycles. The SMILES string of the molecule is CCn1cc(NC(=O)NCc2ccc(F)cc2)c2cc(-n3cc(CN4CCN(C)CC4)nn3)ccc21.Cl.Cl. The fourth-order valence-electron chi connectivity index (χ4n) is 4.47. The van der Waals surface area contributed by atoms with E-state index in [2.05, 4.69) is 49.3 Å². The third kappa shape index (κ3) is 6.82. The third-order valence-electron chi connectivity index (χ3n) is 6.61. The standard InChI is InChI=1S/C26H31FN8O.2ClH/c1-3-34-18-24(29-26(36)28-15-19-4-6-20(27)7-5-19)23-14-22(8-9-25(23)34)35-17-21(30-31-35)16-33-12-10-32(2)11-13-33;;/h4-9,14,17-18H,3,10-13,15-16H2,1-2H3,(H2,28,29,36);2*1H. The number of nitrogens with one attached hydrogen (secondary N) is 2. The molecule has 2 amide bonds. The average molecular weight is 564 g/mol. The van der Waals surface area contributed by atoms with Crippen molar-refractivity contribution in [3.8, 4) is 5.69 Å². The van der Waals surface area contributed by atoms with Gasteiger partial charge in [0.2, 0.25) is 0 Å². The Labute approximate surface area is 233 Å². The van der Waals surface area contributed by atoms with E-state index in [1.165, 1.54) is 12.1 Å². The van der Waals surface area contributed by atoms with Crippen molar-refractivity contribution >= 4 is 47.4 Å². The zero-order valence-electron chi connectivity index (χ0n) is 21.4. The minimum absolute atomic E-state index is 0. The zero-order valence-corrected chi connectivity index (χ0v) is 23.1. The van der Waals surface area contributed by atoms with E-state index in [0.29, 0.717) is 12.2 Å². The van der Waals surface area contributed by atoms with E-state index in [9.17, 15) is 9.18 Å². The molecule has 1 saturated heterocycles. The average Bonchev–Trinajstić information content (AvgIpc) is 3.49. The van der Waals surface area contributed by atoms with Gasteiger partial charge in [0.1, 0.15) is 5.82 Å². The number of aryl methyl sites for hydroxylation is 1. The summed E-state index contributed by atoms with van der Waals surface area (Å²) in [6.45, 7) is 8.10. The monoisotopic (exact) mass is 562 g/mol. The largest absolute Gasteiger partial charge is 0.346 e. The second-order valence-corrected chi connectivity index (χ2v) is 9.20. The first-order chi connectivity index (χ1) is 17.5. The highest BCUT2D eigenvalue weighted by atomic mass is 35.5. The number of urea groups is 1. The van der Waals surface area contributed by atoms with Crippen LogP contribution in [0.15, 0.2) is 54.9 Å². The van der Waals surface area contributed by atoms with Crippen molar-refractivity contribution in [3.63, 3.8) is 0 Å². The van der Waals surface area contributed by atoms with Gasteiger partial charge in [-0.15, -0.1) is 29.9 Å². The summed E-state index contributed by atoms with van der Waals surface area (Å²) in [6.07, 6.45) is 3.91. The number of amides is 2. The molecular formula is C26H33Cl2FN8O. The van der Waals surface area contributed by atoms with Crippen molar-refractivity contribution in [3.05, 3.63) is 71.9 Å². The summed E-state index contributed by atoms with van der Waals surface area (Å²) in [7, 11) is 2.15. The number of rotatable bonds is 7. The molecule has 0 unspecified atom stereocenters. The van der Waals surface area contributed by atoms with Gasteiger partial charge in [0.25, 0.3) is 0 Å². The minimum Gasteiger partial charge on any atom is -0.346 e. The van der Waals surface area contributed by atoms with Gasteiger partial charge in [-0.05, 0) is 49.9 Å². The van der Waals surface area contributed by atoms with Gasteiger partial charge in [-0.25, -0.2) is 13.9 Å². The predicted octanol–water partition coefficient (Wildman–Crippen LogP) is 4.29. The molecule has 1 fully saturated rings. The van der Waals surface area contributed by atoms with Gasteiger partial charge in [0, 0.05) is 57.4 Å². The highest BCUT2D eigenvalue weighted by Crippen LogP contribution is 2.28. The Hall–Kier alpha value is -3.18. The molecule has 5 rings (SSSR count). The number of benzene rings is 2. The molecule has 2 aromatic carbocycles. The smallest absolute Gasteiger partial charge is 0.319 e. The molecule has 0 aliphatic carbocycles. The molecule has 2 N–H and O–H groups in total. The molecule has 9 nitrogen and oxygen atoms in total. The van der Waals surface area contributed by atoms with Gasteiger partial charge in [0.15, 0.2) is 0 Å². The van der Waals surface area contributed by atoms with Crippen molar-refractivity contribution < 1.29 is 9.18 Å². The summed E-state index contributed by atoms with van der Waals surface area (Å²) in [5, 5.41) is 15.5. The van der Waals surface area contributed by atoms with Crippen LogP contribution < -0.4 is 10.6 Å². The van der Waals surface area contributed by atoms with Crippen molar-refractivity contribution in [1.82, 2.24) is 34.7 Å². The maximum absolute atomic E-state index is 13.1. The van der Waals surface area contributed by atoms with Crippen LogP contribution in [-0.2, 0) is 19.6 Å². The lowest BCUT2D eigenvalue weighted by molar-refractivity contribution is 0.147. The first kappa shape index (κ1) is 29.4. The molecule has 0 atom stereocenters. The molecule has 3 heterocycles. The van der Waals surface area contributed by atoms with Gasteiger partial charge in [0.05, 0.1) is 28.8 Å². The number of piperazine rings is 1. The van der Waals surface area contributed by atoms with E-state index < -0.39 is 0 Å². The molecule has 0 spiro atoms. The minimum atomic E-state index is -0.324. The van der Waals surface area contributed by atoms with E-state index >= 15 is 0 Å². The quantitative estimate of drug-likeness (QED) is 0.351. The lowest BCUT2D eigenvalue weighted by atomic mass is 10.2. The number of carbonyl (C=O) groups is 1. The summed E-state index contributed by atoms with van der Waals surface area (Å²) in [6, 6.07) is 11.8. The number of fused-ring (bicyclic) bond motifs is 1. The summed E-state index contributed by atoms with van der Waals surface area (Å²) >= 11 is 0. The van der Waals surface area contributed by atoms with Crippen LogP contribution in [0.25, 0.3) is 16.6 Å². The van der Waals surface area contributed by atoms with Crippen molar-refractivity contribution in [2.45, 2.75) is 26.6 Å². The Bertz CT molecular complexity index is 1350. The Morgan fingerprint density at radius 1 is 1.03 bits per heavy atom. The number of hydrogen-bond acceptors (Lipinski definition) is 5. The Morgan fingerprint density at radius 2 is 1.76 bits per heavy atom. The third-order valence-corrected chi connectivity index (χ3v) is 6.61. The molecule has 0 saturated carbocycles. The van der Waals surface area contributed by atoms with Crippen LogP contribution in [0.4, 0.5) is 14.9 Å². The second kappa shape index (κ2) is 13.1. The molecule has 0 bridgehead atoms. The molecule has 204 valence electrons. The molecule has 0 radical (unpaired) electrons. The first-order valence-electron chi connectivity index (χ1n) is 12.2. The van der Waals surface area contributed by atoms with E-state index in [0.717, 1.165) is 67.1 Å². The van der Waals surface area contributed by atoms with Gasteiger partial charge in [-0.1, -0.05) is 17.3 Å². The molecule has 1 aliphatic rings. The van der Waals surface area contributed by atoms with E-state index in [1.54, 1.807) is 16.8 Å². The first-order valence-corrected chi connectivity index (χ1v) is 12.2. The van der Waals surface area contributed by atoms with Gasteiger partial charge >= 0.3 is 6.03 Å². The molecule has 38 heavy (non-hydrogen) atoms. The fraction of sp³-hybridized carbons (Fsp3) is 0.346. The molecular weight excluding hydrogens is 530 g/mol. The number of nitrogens with zero attached hydrogens (tertiary/aromatic N) is 6. The molecule has 1 aliphatic heterocycles. The van der Waals surface area contributed by atoms with Crippen molar-refractivity contribution in [2.75, 3.05) is 38.5 Å². The van der Waals surface area contributed by atoms with Crippen LogP contribution in [-0.4, -0.2) is 68.6 Å². The predicted molar refractivity (Wildman–Crippen MR) is 152 cm³/mol. The lowest BCUT2D eigenvalue weighted by Crippen LogP contribution is -2.43. The Morgan fingerprint density at radius 3 is 2.47 bits per heavy atom. The Balaban J connectivity index is 0.00000200. The van der Waals surface area contributed by atoms with Crippen molar-refractivity contribution in [1.29, 1.82) is 0 Å². The lowest BCUT2D eigenvalue weighted by Gasteiger charge is -2.31. The summed E-state index contributed by atoms with van der Waals surface area (Å²) in [5.41, 5.74) is 4.37. The molecule has 12 heteroatoms. The van der Waals surface area contributed by atoms with Crippen LogP contribution in [0.2, 0.25) is 0 Å². The summed E-state index contributed by atoms with van der Waals surface area (Å²) < 4.78 is 17.0. The fourth-order valence-corrected chi connectivity index (χ4v) is 4.47. The number of hydrogen-bond donors (Lipinski definition) is 2. The van der Waals surface area contributed by atoms with Gasteiger partial charge < -0.3 is 20.1 Å². The molecule has 4 aromatic rings. The topological polar surface area (TPSA) is 83.3 Å². The van der Waals surface area contributed by atoms with E-state index in [-0.39, 0.29) is 36.7 Å². The highest BCUT2D eigenvalue weighted by molar-refractivity contribution is 6.02. The van der Waals surface area contributed by atoms with Crippen LogP contribution >= 0.6 is 24.8 Å². The number of carbonyl (C=O) groups excluding carboxylic acids is 1. The highest BCUT2D eigenvalue weighted by Gasteiger charge is 2.16. The van der Waals surface area contributed by atoms with Crippen LogP contribution in [0.3, 0.4) is 0 Å². The second-order valence-electron chi connectivity index (χ2n) is 9.20. The maximum atomic E-state index is 13.1. The zero-order chi connectivity index (χ0) is 25.1. The number of likely N-dealkylation sites (N-methyl/N-ethyl adjacent to an activating group) is 1. The van der Waals surface area contributed by atoms with Crippen molar-refractivity contribution in [2.24, 2.45) is 0 Å². The number of anilines is 1. The summed E-state index contributed by atoms with van der Waals surface area (Å²) in [5.74, 6) is -0.301. The maximum Gasteiger partial charge on any atom is 0.319 e. The number of halogens is 3. The normalized spacial score (nSPS) is 14.1. The Kier molecular flexibility index (Phi) is 10.1. The van der Waals surface area contributed by atoms with E-state index in [4.69, 9.17) is 0 Å². The summed E-state index contributed by atoms with van der Waals surface area (Å²) in [4.78, 5) is 17.3. The van der Waals surface area contributed by atoms with Gasteiger partial charge in [-0.2, -0.15) is 0 Å². The number of aromatic nitrogens is 4. The van der Waals surface area contributed by atoms with Crippen LogP contribution in [0.5, 0.6) is 0 Å². The van der Waals surface area contributed by atoms with Crippen LogP contribution in [0.1, 0.15) is 18.2 Å². The van der Waals surface area contributed by atoms with Crippen LogP contribution in [0, 0.1) is 5.82 Å². The van der Waals surface area contributed by atoms with E-state index in [1.807, 2.05) is 30.6 Å². The van der Waals surface area contributed by atoms with Gasteiger partial charge in [-0.3, -0.25) is 4.90 Å².